The summed E-state index contributed by atoms with van der Waals surface area (Å²) in [5.74, 6) is -0.419. The molecule has 0 saturated carbocycles. The van der Waals surface area contributed by atoms with Crippen LogP contribution < -0.4 is 5.32 Å². The predicted octanol–water partition coefficient (Wildman–Crippen LogP) is 4.26. The summed E-state index contributed by atoms with van der Waals surface area (Å²) < 4.78 is 14.1. The van der Waals surface area contributed by atoms with Crippen molar-refractivity contribution in [2.45, 2.75) is 38.4 Å². The number of nitrogens with zero attached hydrogens (tertiary/aromatic N) is 2. The first-order chi connectivity index (χ1) is 13.9. The molecule has 1 atom stereocenters. The van der Waals surface area contributed by atoms with E-state index in [0.717, 1.165) is 31.5 Å². The zero-order valence-electron chi connectivity index (χ0n) is 16.2. The number of carbonyl (C=O) groups is 2. The highest BCUT2D eigenvalue weighted by Crippen LogP contribution is 2.35. The first kappa shape index (κ1) is 20.3. The van der Waals surface area contributed by atoms with Crippen LogP contribution >= 0.6 is 22.9 Å². The summed E-state index contributed by atoms with van der Waals surface area (Å²) in [6, 6.07) is 6.31. The van der Waals surface area contributed by atoms with Gasteiger partial charge < -0.3 is 5.32 Å². The highest BCUT2D eigenvalue weighted by atomic mass is 35.5. The lowest BCUT2D eigenvalue weighted by Gasteiger charge is -2.39. The average molecular weight is 436 g/mol. The van der Waals surface area contributed by atoms with Crippen molar-refractivity contribution in [2.24, 2.45) is 5.92 Å². The van der Waals surface area contributed by atoms with E-state index in [9.17, 15) is 14.0 Å². The number of rotatable bonds is 5. The van der Waals surface area contributed by atoms with E-state index in [-0.39, 0.29) is 23.7 Å². The minimum Gasteiger partial charge on any atom is -0.323 e. The Bertz CT molecular complexity index is 894. The number of imide groups is 1. The molecule has 2 aromatic rings. The minimum absolute atomic E-state index is 0.0405. The number of amides is 3. The number of hydrogen-bond acceptors (Lipinski definition) is 4. The van der Waals surface area contributed by atoms with Crippen LogP contribution in [0.1, 0.15) is 30.9 Å². The lowest BCUT2D eigenvalue weighted by molar-refractivity contribution is -0.133. The van der Waals surface area contributed by atoms with Crippen molar-refractivity contribution < 1.29 is 14.0 Å². The maximum atomic E-state index is 14.1. The molecule has 0 spiro atoms. The van der Waals surface area contributed by atoms with Crippen molar-refractivity contribution >= 4 is 34.9 Å². The fourth-order valence-electron chi connectivity index (χ4n) is 4.28. The van der Waals surface area contributed by atoms with Gasteiger partial charge in [-0.3, -0.25) is 14.6 Å². The molecule has 0 aliphatic carbocycles. The van der Waals surface area contributed by atoms with Crippen LogP contribution in [-0.4, -0.2) is 40.4 Å². The van der Waals surface area contributed by atoms with Crippen LogP contribution in [0.3, 0.4) is 0 Å². The zero-order chi connectivity index (χ0) is 20.6. The number of likely N-dealkylation sites (tertiary alicyclic amines) is 1. The van der Waals surface area contributed by atoms with Crippen LogP contribution in [-0.2, 0) is 17.9 Å². The Balaban J connectivity index is 1.40. The lowest BCUT2D eigenvalue weighted by atomic mass is 9.79. The van der Waals surface area contributed by atoms with E-state index in [1.165, 1.54) is 11.0 Å². The van der Waals surface area contributed by atoms with Gasteiger partial charge in [-0.1, -0.05) is 17.7 Å². The number of halogens is 2. The molecular weight excluding hydrogens is 413 g/mol. The summed E-state index contributed by atoms with van der Waals surface area (Å²) in [7, 11) is 0. The van der Waals surface area contributed by atoms with E-state index in [2.05, 4.69) is 10.2 Å². The summed E-state index contributed by atoms with van der Waals surface area (Å²) in [6.07, 6.45) is 1.50. The first-order valence-electron chi connectivity index (χ1n) is 9.69. The van der Waals surface area contributed by atoms with Crippen LogP contribution in [0.4, 0.5) is 9.18 Å². The minimum atomic E-state index is -0.894. The third-order valence-electron chi connectivity index (χ3n) is 6.07. The molecule has 1 aromatic carbocycles. The molecule has 5 nitrogen and oxygen atoms in total. The van der Waals surface area contributed by atoms with Gasteiger partial charge in [0.1, 0.15) is 11.4 Å². The quantitative estimate of drug-likeness (QED) is 0.714. The van der Waals surface area contributed by atoms with Gasteiger partial charge in [-0.2, -0.15) is 11.3 Å². The summed E-state index contributed by atoms with van der Waals surface area (Å²) in [6.45, 7) is 4.01. The maximum Gasteiger partial charge on any atom is 0.325 e. The van der Waals surface area contributed by atoms with E-state index in [0.29, 0.717) is 23.7 Å². The standard InChI is InChI=1S/C21H23ClFN3O2S/c1-21(19(27)26(20(28)24-21)11-14-7-10-29-13-14)15-5-8-25(9-6-15)12-16-17(22)3-2-4-18(16)23/h2-4,7,10,13,15H,5-6,8-9,11-12H2,1H3,(H,24,28)/t21-/m1/s1. The van der Waals surface area contributed by atoms with Crippen molar-refractivity contribution in [2.75, 3.05) is 13.1 Å². The van der Waals surface area contributed by atoms with E-state index in [1.807, 2.05) is 23.8 Å². The fourth-order valence-corrected chi connectivity index (χ4v) is 5.16. The number of thiophene rings is 1. The van der Waals surface area contributed by atoms with Gasteiger partial charge in [0.15, 0.2) is 0 Å². The third-order valence-corrected chi connectivity index (χ3v) is 7.16. The Morgan fingerprint density at radius 3 is 2.66 bits per heavy atom. The van der Waals surface area contributed by atoms with Crippen LogP contribution in [0, 0.1) is 11.7 Å². The van der Waals surface area contributed by atoms with E-state index in [4.69, 9.17) is 11.6 Å². The number of carbonyl (C=O) groups excluding carboxylic acids is 2. The Labute approximate surface area is 178 Å². The van der Waals surface area contributed by atoms with Crippen LogP contribution in [0.15, 0.2) is 35.0 Å². The average Bonchev–Trinajstić information content (AvgIpc) is 3.29. The number of benzene rings is 1. The third kappa shape index (κ3) is 3.91. The Hall–Kier alpha value is -1.96. The largest absolute Gasteiger partial charge is 0.325 e. The topological polar surface area (TPSA) is 52.7 Å². The van der Waals surface area contributed by atoms with Crippen molar-refractivity contribution in [1.82, 2.24) is 15.1 Å². The van der Waals surface area contributed by atoms with Gasteiger partial charge in [0, 0.05) is 17.1 Å². The van der Waals surface area contributed by atoms with E-state index in [1.54, 1.807) is 23.5 Å². The molecule has 2 aliphatic rings. The van der Waals surface area contributed by atoms with Gasteiger partial charge >= 0.3 is 6.03 Å². The molecule has 0 radical (unpaired) electrons. The van der Waals surface area contributed by atoms with Crippen molar-refractivity contribution in [3.05, 3.63) is 57.0 Å². The molecule has 29 heavy (non-hydrogen) atoms. The summed E-state index contributed by atoms with van der Waals surface area (Å²) in [5.41, 5.74) is 0.569. The smallest absolute Gasteiger partial charge is 0.323 e. The number of urea groups is 1. The molecule has 1 aromatic heterocycles. The molecule has 1 N–H and O–H groups in total. The summed E-state index contributed by atoms with van der Waals surface area (Å²) in [5, 5.41) is 7.25. The van der Waals surface area contributed by atoms with Gasteiger partial charge in [0.2, 0.25) is 0 Å². The predicted molar refractivity (Wildman–Crippen MR) is 111 cm³/mol. The Morgan fingerprint density at radius 1 is 1.24 bits per heavy atom. The number of nitrogens with one attached hydrogen (secondary N) is 1. The summed E-state index contributed by atoms with van der Waals surface area (Å²) >= 11 is 7.69. The molecule has 3 amide bonds. The van der Waals surface area contributed by atoms with Gasteiger partial charge in [-0.05, 0) is 73.3 Å². The molecule has 2 saturated heterocycles. The maximum absolute atomic E-state index is 14.1. The first-order valence-corrected chi connectivity index (χ1v) is 11.0. The Kier molecular flexibility index (Phi) is 5.64. The highest BCUT2D eigenvalue weighted by Gasteiger charge is 2.52. The normalized spacial score (nSPS) is 23.6. The molecule has 2 fully saturated rings. The van der Waals surface area contributed by atoms with Crippen molar-refractivity contribution in [3.8, 4) is 0 Å². The van der Waals surface area contributed by atoms with Gasteiger partial charge in [0.05, 0.1) is 6.54 Å². The fraction of sp³-hybridized carbons (Fsp3) is 0.429. The zero-order valence-corrected chi connectivity index (χ0v) is 17.7. The molecule has 2 aliphatic heterocycles. The number of hydrogen-bond donors (Lipinski definition) is 1. The van der Waals surface area contributed by atoms with Crippen LogP contribution in [0.2, 0.25) is 5.02 Å². The van der Waals surface area contributed by atoms with Crippen LogP contribution in [0.5, 0.6) is 0 Å². The Morgan fingerprint density at radius 2 is 2.00 bits per heavy atom. The molecule has 4 rings (SSSR count). The summed E-state index contributed by atoms with van der Waals surface area (Å²) in [4.78, 5) is 29.0. The molecule has 154 valence electrons. The van der Waals surface area contributed by atoms with E-state index >= 15 is 0 Å². The van der Waals surface area contributed by atoms with Crippen molar-refractivity contribution in [1.29, 1.82) is 0 Å². The van der Waals surface area contributed by atoms with Gasteiger partial charge in [-0.15, -0.1) is 0 Å². The molecule has 0 bridgehead atoms. The molecular formula is C21H23ClFN3O2S. The van der Waals surface area contributed by atoms with Gasteiger partial charge in [-0.25, -0.2) is 9.18 Å². The van der Waals surface area contributed by atoms with Gasteiger partial charge in [0.25, 0.3) is 5.91 Å². The second-order valence-electron chi connectivity index (χ2n) is 7.91. The van der Waals surface area contributed by atoms with Crippen molar-refractivity contribution in [3.63, 3.8) is 0 Å². The monoisotopic (exact) mass is 435 g/mol. The second-order valence-corrected chi connectivity index (χ2v) is 9.09. The molecule has 0 unspecified atom stereocenters. The number of piperidine rings is 1. The second kappa shape index (κ2) is 8.05. The lowest BCUT2D eigenvalue weighted by Crippen LogP contribution is -2.53. The SMILES string of the molecule is C[C@]1(C2CCN(Cc3c(F)cccc3Cl)CC2)NC(=O)N(Cc2ccsc2)C1=O. The van der Waals surface area contributed by atoms with Crippen LogP contribution in [0.25, 0.3) is 0 Å². The molecule has 8 heteroatoms. The highest BCUT2D eigenvalue weighted by molar-refractivity contribution is 7.07. The molecule has 3 heterocycles. The van der Waals surface area contributed by atoms with E-state index < -0.39 is 5.54 Å².